The molecular formula is C16H17FO2. The molecule has 100 valence electrons. The summed E-state index contributed by atoms with van der Waals surface area (Å²) in [6.45, 7) is 2.63. The lowest BCUT2D eigenvalue weighted by atomic mass is 10.0. The minimum absolute atomic E-state index is 0.313. The third-order valence-electron chi connectivity index (χ3n) is 2.86. The van der Waals surface area contributed by atoms with E-state index in [1.165, 1.54) is 12.1 Å². The van der Waals surface area contributed by atoms with Crippen molar-refractivity contribution in [1.82, 2.24) is 0 Å². The Hall–Kier alpha value is -1.87. The smallest absolute Gasteiger partial charge is 0.125 e. The summed E-state index contributed by atoms with van der Waals surface area (Å²) in [5.41, 5.74) is 1.34. The molecule has 0 spiro atoms. The quantitative estimate of drug-likeness (QED) is 0.888. The molecule has 0 radical (unpaired) electrons. The lowest BCUT2D eigenvalue weighted by Gasteiger charge is -2.16. The molecule has 1 N–H and O–H groups in total. The van der Waals surface area contributed by atoms with Gasteiger partial charge in [0.05, 0.1) is 6.61 Å². The van der Waals surface area contributed by atoms with E-state index in [4.69, 9.17) is 4.74 Å². The zero-order valence-electron chi connectivity index (χ0n) is 10.8. The van der Waals surface area contributed by atoms with E-state index in [9.17, 15) is 9.50 Å². The molecule has 0 saturated carbocycles. The second-order valence-corrected chi connectivity index (χ2v) is 4.34. The van der Waals surface area contributed by atoms with Crippen LogP contribution in [0.15, 0.2) is 48.5 Å². The number of aliphatic hydroxyl groups is 1. The van der Waals surface area contributed by atoms with Gasteiger partial charge in [0.25, 0.3) is 0 Å². The van der Waals surface area contributed by atoms with E-state index in [0.29, 0.717) is 23.5 Å². The van der Waals surface area contributed by atoms with Crippen LogP contribution in [-0.2, 0) is 0 Å². The van der Waals surface area contributed by atoms with Crippen LogP contribution in [-0.4, -0.2) is 11.7 Å². The fourth-order valence-corrected chi connectivity index (χ4v) is 1.87. The first-order valence-electron chi connectivity index (χ1n) is 6.37. The third-order valence-corrected chi connectivity index (χ3v) is 2.86. The summed E-state index contributed by atoms with van der Waals surface area (Å²) < 4.78 is 18.5. The van der Waals surface area contributed by atoms with E-state index >= 15 is 0 Å². The predicted molar refractivity (Wildman–Crippen MR) is 72.7 cm³/mol. The molecular weight excluding hydrogens is 243 g/mol. The average Bonchev–Trinajstić information content (AvgIpc) is 2.45. The number of ether oxygens (including phenoxy) is 1. The van der Waals surface area contributed by atoms with E-state index in [0.717, 1.165) is 6.42 Å². The first-order valence-corrected chi connectivity index (χ1v) is 6.37. The van der Waals surface area contributed by atoms with Crippen molar-refractivity contribution in [3.05, 3.63) is 65.5 Å². The normalized spacial score (nSPS) is 12.2. The Balaban J connectivity index is 2.27. The number of rotatable bonds is 5. The lowest BCUT2D eigenvalue weighted by Crippen LogP contribution is -2.04. The molecule has 2 aromatic carbocycles. The zero-order valence-corrected chi connectivity index (χ0v) is 10.8. The largest absolute Gasteiger partial charge is 0.493 e. The molecule has 0 aromatic heterocycles. The molecule has 2 rings (SSSR count). The summed E-state index contributed by atoms with van der Waals surface area (Å²) in [4.78, 5) is 0. The molecule has 0 aliphatic carbocycles. The summed E-state index contributed by atoms with van der Waals surface area (Å²) >= 11 is 0. The highest BCUT2D eigenvalue weighted by molar-refractivity contribution is 5.40. The van der Waals surface area contributed by atoms with Crippen molar-refractivity contribution >= 4 is 0 Å². The highest BCUT2D eigenvalue weighted by atomic mass is 19.1. The van der Waals surface area contributed by atoms with Gasteiger partial charge < -0.3 is 9.84 Å². The van der Waals surface area contributed by atoms with Gasteiger partial charge in [-0.15, -0.1) is 0 Å². The molecule has 0 heterocycles. The molecule has 0 aliphatic rings. The SMILES string of the molecule is CCCOc1ccccc1C(O)c1ccc(F)cc1. The summed E-state index contributed by atoms with van der Waals surface area (Å²) in [6, 6.07) is 13.2. The second-order valence-electron chi connectivity index (χ2n) is 4.34. The first kappa shape index (κ1) is 13.6. The van der Waals surface area contributed by atoms with E-state index in [1.807, 2.05) is 31.2 Å². The maximum Gasteiger partial charge on any atom is 0.125 e. The van der Waals surface area contributed by atoms with Gasteiger partial charge in [0.2, 0.25) is 0 Å². The molecule has 2 aromatic rings. The number of hydrogen-bond acceptors (Lipinski definition) is 2. The van der Waals surface area contributed by atoms with Gasteiger partial charge in [-0.25, -0.2) is 4.39 Å². The van der Waals surface area contributed by atoms with Crippen LogP contribution < -0.4 is 4.74 Å². The summed E-state index contributed by atoms with van der Waals surface area (Å²) in [6.07, 6.45) is 0.0923. The summed E-state index contributed by atoms with van der Waals surface area (Å²) in [7, 11) is 0. The summed E-state index contributed by atoms with van der Waals surface area (Å²) in [5.74, 6) is 0.354. The number of benzene rings is 2. The molecule has 0 bridgehead atoms. The zero-order chi connectivity index (χ0) is 13.7. The van der Waals surface area contributed by atoms with Gasteiger partial charge in [-0.3, -0.25) is 0 Å². The van der Waals surface area contributed by atoms with Gasteiger partial charge >= 0.3 is 0 Å². The lowest BCUT2D eigenvalue weighted by molar-refractivity contribution is 0.210. The Kier molecular flexibility index (Phi) is 4.53. The van der Waals surface area contributed by atoms with Crippen LogP contribution in [0.5, 0.6) is 5.75 Å². The maximum atomic E-state index is 12.9. The predicted octanol–water partition coefficient (Wildman–Crippen LogP) is 3.70. The Morgan fingerprint density at radius 2 is 1.79 bits per heavy atom. The van der Waals surface area contributed by atoms with E-state index in [2.05, 4.69) is 0 Å². The van der Waals surface area contributed by atoms with Crippen LogP contribution >= 0.6 is 0 Å². The topological polar surface area (TPSA) is 29.5 Å². The molecule has 0 amide bonds. The Morgan fingerprint density at radius 3 is 2.47 bits per heavy atom. The van der Waals surface area contributed by atoms with Crippen LogP contribution in [0, 0.1) is 5.82 Å². The van der Waals surface area contributed by atoms with Crippen LogP contribution in [0.3, 0.4) is 0 Å². The van der Waals surface area contributed by atoms with E-state index < -0.39 is 6.10 Å². The maximum absolute atomic E-state index is 12.9. The highest BCUT2D eigenvalue weighted by Gasteiger charge is 2.15. The van der Waals surface area contributed by atoms with Crippen molar-refractivity contribution in [3.8, 4) is 5.75 Å². The molecule has 3 heteroatoms. The summed E-state index contributed by atoms with van der Waals surface area (Å²) in [5, 5.41) is 10.4. The molecule has 1 atom stereocenters. The van der Waals surface area contributed by atoms with Crippen molar-refractivity contribution in [2.24, 2.45) is 0 Å². The molecule has 0 aliphatic heterocycles. The van der Waals surface area contributed by atoms with Gasteiger partial charge in [0.1, 0.15) is 17.7 Å². The second kappa shape index (κ2) is 6.34. The fraction of sp³-hybridized carbons (Fsp3) is 0.250. The molecule has 0 fully saturated rings. The Labute approximate surface area is 112 Å². The van der Waals surface area contributed by atoms with E-state index in [-0.39, 0.29) is 5.82 Å². The van der Waals surface area contributed by atoms with Crippen molar-refractivity contribution in [1.29, 1.82) is 0 Å². The Bertz CT molecular complexity index is 523. The van der Waals surface area contributed by atoms with Crippen LogP contribution in [0.2, 0.25) is 0 Å². The van der Waals surface area contributed by atoms with E-state index in [1.54, 1.807) is 12.1 Å². The van der Waals surface area contributed by atoms with Crippen LogP contribution in [0.4, 0.5) is 4.39 Å². The Morgan fingerprint density at radius 1 is 1.11 bits per heavy atom. The highest BCUT2D eigenvalue weighted by Crippen LogP contribution is 2.30. The number of para-hydroxylation sites is 1. The monoisotopic (exact) mass is 260 g/mol. The van der Waals surface area contributed by atoms with Gasteiger partial charge in [0, 0.05) is 5.56 Å². The third kappa shape index (κ3) is 3.32. The minimum atomic E-state index is -0.811. The standard InChI is InChI=1S/C16H17FO2/c1-2-11-19-15-6-4-3-5-14(15)16(18)12-7-9-13(17)10-8-12/h3-10,16,18H,2,11H2,1H3. The van der Waals surface area contributed by atoms with Gasteiger partial charge in [-0.2, -0.15) is 0 Å². The van der Waals surface area contributed by atoms with Gasteiger partial charge in [-0.1, -0.05) is 37.3 Å². The first-order chi connectivity index (χ1) is 9.22. The van der Waals surface area contributed by atoms with Gasteiger partial charge in [-0.05, 0) is 30.2 Å². The number of hydrogen-bond donors (Lipinski definition) is 1. The van der Waals surface area contributed by atoms with Crippen molar-refractivity contribution in [2.45, 2.75) is 19.4 Å². The molecule has 2 nitrogen and oxygen atoms in total. The average molecular weight is 260 g/mol. The number of aliphatic hydroxyl groups excluding tert-OH is 1. The van der Waals surface area contributed by atoms with Crippen molar-refractivity contribution in [2.75, 3.05) is 6.61 Å². The van der Waals surface area contributed by atoms with Gasteiger partial charge in [0.15, 0.2) is 0 Å². The van der Waals surface area contributed by atoms with Crippen molar-refractivity contribution < 1.29 is 14.2 Å². The number of halogens is 1. The fourth-order valence-electron chi connectivity index (χ4n) is 1.87. The molecule has 1 unspecified atom stereocenters. The molecule has 19 heavy (non-hydrogen) atoms. The molecule has 0 saturated heterocycles. The van der Waals surface area contributed by atoms with Crippen molar-refractivity contribution in [3.63, 3.8) is 0 Å². The van der Waals surface area contributed by atoms with Crippen LogP contribution in [0.1, 0.15) is 30.6 Å². The minimum Gasteiger partial charge on any atom is -0.493 e. The van der Waals surface area contributed by atoms with Crippen LogP contribution in [0.25, 0.3) is 0 Å².